The molecule has 7 nitrogen and oxygen atoms in total. The molecule has 1 aliphatic heterocycles. The molecule has 1 aromatic rings. The Morgan fingerprint density at radius 2 is 1.74 bits per heavy atom. The number of sulfonamides is 1. The second-order valence-electron chi connectivity index (χ2n) is 8.12. The molecule has 0 aromatic heterocycles. The molecule has 0 bridgehead atoms. The minimum atomic E-state index is -3.79. The molecule has 1 atom stereocenters. The van der Waals surface area contributed by atoms with Crippen LogP contribution in [0.15, 0.2) is 29.2 Å². The first-order valence-corrected chi connectivity index (χ1v) is 12.2. The van der Waals surface area contributed by atoms with Gasteiger partial charge in [0.05, 0.1) is 27.6 Å². The standard InChI is InChI=1S/C17H28BNO6S2/c1-16(2,20)17(3,4)25-18(5)13-6-8-15(9-7-13)27(23,24)19-14-10-11-26(21,22)12-14/h6-9,14,19-20H,10-12H2,1-5H3. The van der Waals surface area contributed by atoms with Gasteiger partial charge in [-0.05, 0) is 51.7 Å². The molecule has 152 valence electrons. The smallest absolute Gasteiger partial charge is 0.324 e. The number of sulfone groups is 1. The normalized spacial score (nSPS) is 20.6. The SMILES string of the molecule is CB(OC(C)(C)C(C)(C)O)c1ccc(S(=O)(=O)NC2CCS(=O)(=O)C2)cc1. The second kappa shape index (κ2) is 7.48. The lowest BCUT2D eigenvalue weighted by Gasteiger charge is -2.39. The molecule has 1 aromatic carbocycles. The van der Waals surface area contributed by atoms with Crippen molar-refractivity contribution in [3.8, 4) is 0 Å². The number of nitrogens with one attached hydrogen (secondary N) is 1. The highest BCUT2D eigenvalue weighted by atomic mass is 32.2. The zero-order chi connectivity index (χ0) is 20.7. The van der Waals surface area contributed by atoms with Crippen LogP contribution in [0.25, 0.3) is 0 Å². The Morgan fingerprint density at radius 3 is 2.19 bits per heavy atom. The van der Waals surface area contributed by atoms with Crippen molar-refractivity contribution in [1.29, 1.82) is 0 Å². The minimum Gasteiger partial charge on any atom is -0.423 e. The summed E-state index contributed by atoms with van der Waals surface area (Å²) in [5.74, 6) is -0.161. The molecule has 0 radical (unpaired) electrons. The van der Waals surface area contributed by atoms with Gasteiger partial charge in [-0.2, -0.15) is 0 Å². The van der Waals surface area contributed by atoms with Gasteiger partial charge in [-0.1, -0.05) is 19.0 Å². The molecule has 0 amide bonds. The molecule has 1 unspecified atom stereocenters. The third kappa shape index (κ3) is 5.54. The Labute approximate surface area is 162 Å². The van der Waals surface area contributed by atoms with Crippen molar-refractivity contribution < 1.29 is 26.6 Å². The summed E-state index contributed by atoms with van der Waals surface area (Å²) >= 11 is 0. The van der Waals surface area contributed by atoms with Crippen LogP contribution in [0, 0.1) is 0 Å². The molecular weight excluding hydrogens is 389 g/mol. The molecule has 1 fully saturated rings. The predicted octanol–water partition coefficient (Wildman–Crippen LogP) is 0.546. The molecule has 0 aliphatic carbocycles. The van der Waals surface area contributed by atoms with E-state index < -0.39 is 37.1 Å². The highest BCUT2D eigenvalue weighted by molar-refractivity contribution is 7.92. The number of rotatable bonds is 7. The average Bonchev–Trinajstić information content (AvgIpc) is 2.84. The van der Waals surface area contributed by atoms with Crippen LogP contribution in [0.3, 0.4) is 0 Å². The van der Waals surface area contributed by atoms with Crippen LogP contribution in [0.2, 0.25) is 6.82 Å². The van der Waals surface area contributed by atoms with Crippen LogP contribution in [0.4, 0.5) is 0 Å². The van der Waals surface area contributed by atoms with Crippen LogP contribution in [-0.2, 0) is 24.5 Å². The Kier molecular flexibility index (Phi) is 6.19. The Balaban J connectivity index is 2.10. The summed E-state index contributed by atoms with van der Waals surface area (Å²) in [6.45, 7) is 8.41. The van der Waals surface area contributed by atoms with E-state index in [9.17, 15) is 21.9 Å². The van der Waals surface area contributed by atoms with Gasteiger partial charge >= 0.3 is 6.92 Å². The maximum Gasteiger partial charge on any atom is 0.324 e. The largest absolute Gasteiger partial charge is 0.423 e. The average molecular weight is 417 g/mol. The van der Waals surface area contributed by atoms with E-state index in [2.05, 4.69) is 4.72 Å². The molecular formula is C17H28BNO6S2. The zero-order valence-corrected chi connectivity index (χ0v) is 18.0. The van der Waals surface area contributed by atoms with E-state index in [1.807, 2.05) is 6.82 Å². The molecule has 1 aliphatic rings. The molecule has 27 heavy (non-hydrogen) atoms. The summed E-state index contributed by atoms with van der Waals surface area (Å²) in [6.07, 6.45) is 0.288. The maximum atomic E-state index is 12.5. The summed E-state index contributed by atoms with van der Waals surface area (Å²) in [5.41, 5.74) is -1.07. The highest BCUT2D eigenvalue weighted by Gasteiger charge is 2.38. The first-order chi connectivity index (χ1) is 12.1. The van der Waals surface area contributed by atoms with E-state index in [1.165, 1.54) is 12.1 Å². The quantitative estimate of drug-likeness (QED) is 0.627. The van der Waals surface area contributed by atoms with E-state index >= 15 is 0 Å². The van der Waals surface area contributed by atoms with E-state index in [-0.39, 0.29) is 29.7 Å². The van der Waals surface area contributed by atoms with Crippen molar-refractivity contribution >= 4 is 32.2 Å². The first kappa shape index (κ1) is 22.4. The molecule has 1 heterocycles. The van der Waals surface area contributed by atoms with Crippen LogP contribution < -0.4 is 10.2 Å². The highest BCUT2D eigenvalue weighted by Crippen LogP contribution is 2.25. The summed E-state index contributed by atoms with van der Waals surface area (Å²) in [5, 5.41) is 10.2. The lowest BCUT2D eigenvalue weighted by molar-refractivity contribution is -0.0918. The molecule has 10 heteroatoms. The van der Waals surface area contributed by atoms with Crippen molar-refractivity contribution in [2.75, 3.05) is 11.5 Å². The van der Waals surface area contributed by atoms with E-state index in [4.69, 9.17) is 4.65 Å². The summed E-state index contributed by atoms with van der Waals surface area (Å²) in [7, 11) is -6.95. The van der Waals surface area contributed by atoms with Crippen LogP contribution >= 0.6 is 0 Å². The molecule has 2 rings (SSSR count). The second-order valence-corrected chi connectivity index (χ2v) is 12.1. The van der Waals surface area contributed by atoms with Crippen LogP contribution in [0.1, 0.15) is 34.1 Å². The molecule has 2 N–H and O–H groups in total. The van der Waals surface area contributed by atoms with Crippen molar-refractivity contribution in [2.45, 2.75) is 63.1 Å². The third-order valence-corrected chi connectivity index (χ3v) is 8.46. The van der Waals surface area contributed by atoms with E-state index in [1.54, 1.807) is 39.8 Å². The summed E-state index contributed by atoms with van der Waals surface area (Å²) in [6, 6.07) is 5.67. The van der Waals surface area contributed by atoms with Gasteiger partial charge in [-0.25, -0.2) is 21.6 Å². The van der Waals surface area contributed by atoms with Gasteiger partial charge in [0.25, 0.3) is 0 Å². The van der Waals surface area contributed by atoms with Gasteiger partial charge in [0.2, 0.25) is 10.0 Å². The fourth-order valence-electron chi connectivity index (χ4n) is 2.75. The molecule has 0 saturated carbocycles. The monoisotopic (exact) mass is 417 g/mol. The van der Waals surface area contributed by atoms with Crippen molar-refractivity contribution in [3.63, 3.8) is 0 Å². The van der Waals surface area contributed by atoms with Crippen LogP contribution in [-0.4, -0.2) is 57.6 Å². The fraction of sp³-hybridized carbons (Fsp3) is 0.647. The lowest BCUT2D eigenvalue weighted by Crippen LogP contribution is -2.52. The number of aliphatic hydroxyl groups is 1. The van der Waals surface area contributed by atoms with Gasteiger partial charge < -0.3 is 9.76 Å². The van der Waals surface area contributed by atoms with E-state index in [0.29, 0.717) is 0 Å². The van der Waals surface area contributed by atoms with Gasteiger partial charge in [-0.15, -0.1) is 0 Å². The maximum absolute atomic E-state index is 12.5. The number of hydrogen-bond donors (Lipinski definition) is 2. The third-order valence-electron chi connectivity index (χ3n) is 5.16. The topological polar surface area (TPSA) is 110 Å². The predicted molar refractivity (Wildman–Crippen MR) is 107 cm³/mol. The Morgan fingerprint density at radius 1 is 1.19 bits per heavy atom. The number of benzene rings is 1. The Hall–Kier alpha value is -0.935. The zero-order valence-electron chi connectivity index (χ0n) is 16.4. The van der Waals surface area contributed by atoms with Gasteiger partial charge in [0.1, 0.15) is 0 Å². The summed E-state index contributed by atoms with van der Waals surface area (Å²) in [4.78, 5) is 0.0736. The Bertz CT molecular complexity index is 873. The number of hydrogen-bond acceptors (Lipinski definition) is 6. The minimum absolute atomic E-state index is 0.00493. The summed E-state index contributed by atoms with van der Waals surface area (Å²) < 4.78 is 56.4. The van der Waals surface area contributed by atoms with Crippen molar-refractivity contribution in [3.05, 3.63) is 24.3 Å². The molecule has 1 saturated heterocycles. The first-order valence-electron chi connectivity index (χ1n) is 8.86. The van der Waals surface area contributed by atoms with Crippen molar-refractivity contribution in [1.82, 2.24) is 4.72 Å². The van der Waals surface area contributed by atoms with Gasteiger partial charge in [-0.3, -0.25) is 0 Å². The van der Waals surface area contributed by atoms with Crippen LogP contribution in [0.5, 0.6) is 0 Å². The van der Waals surface area contributed by atoms with Gasteiger partial charge in [0.15, 0.2) is 9.84 Å². The fourth-order valence-corrected chi connectivity index (χ4v) is 5.80. The van der Waals surface area contributed by atoms with Gasteiger partial charge in [0, 0.05) is 6.04 Å². The molecule has 0 spiro atoms. The van der Waals surface area contributed by atoms with Crippen molar-refractivity contribution in [2.24, 2.45) is 0 Å². The van der Waals surface area contributed by atoms with E-state index in [0.717, 1.165) is 5.46 Å². The lowest BCUT2D eigenvalue weighted by atomic mass is 9.62.